The molecule has 0 amide bonds. The lowest BCUT2D eigenvalue weighted by Crippen LogP contribution is -2.08. The van der Waals surface area contributed by atoms with Crippen LogP contribution >= 0.6 is 0 Å². The van der Waals surface area contributed by atoms with Gasteiger partial charge in [0.25, 0.3) is 0 Å². The quantitative estimate of drug-likeness (QED) is 0.745. The Bertz CT molecular complexity index is 673. The standard InChI is InChI=1S/C18H19NO/c20-14-18(9-12-19-10-3-4-11-19)17-8-7-15-5-1-2-6-16(15)13-17/h1-8,10-11,13,18,20H,9,12,14H2. The average Bonchev–Trinajstić information content (AvgIpc) is 3.01. The lowest BCUT2D eigenvalue weighted by molar-refractivity contribution is 0.255. The van der Waals surface area contributed by atoms with Crippen molar-refractivity contribution in [2.24, 2.45) is 0 Å². The fourth-order valence-electron chi connectivity index (χ4n) is 2.65. The molecular weight excluding hydrogens is 246 g/mol. The zero-order valence-electron chi connectivity index (χ0n) is 11.4. The summed E-state index contributed by atoms with van der Waals surface area (Å²) in [6.45, 7) is 1.13. The third-order valence-corrected chi connectivity index (χ3v) is 3.87. The van der Waals surface area contributed by atoms with Crippen LogP contribution in [0.25, 0.3) is 10.8 Å². The van der Waals surface area contributed by atoms with Gasteiger partial charge in [-0.2, -0.15) is 0 Å². The number of nitrogens with zero attached hydrogens (tertiary/aromatic N) is 1. The maximum atomic E-state index is 9.67. The van der Waals surface area contributed by atoms with Gasteiger partial charge in [0.1, 0.15) is 0 Å². The van der Waals surface area contributed by atoms with Gasteiger partial charge in [-0.3, -0.25) is 0 Å². The summed E-state index contributed by atoms with van der Waals surface area (Å²) >= 11 is 0. The summed E-state index contributed by atoms with van der Waals surface area (Å²) in [6, 6.07) is 18.9. The first kappa shape index (κ1) is 12.9. The number of aliphatic hydroxyl groups excluding tert-OH is 1. The molecule has 2 aromatic carbocycles. The molecule has 0 fully saturated rings. The third-order valence-electron chi connectivity index (χ3n) is 3.87. The van der Waals surface area contributed by atoms with Gasteiger partial charge in [0, 0.05) is 31.5 Å². The van der Waals surface area contributed by atoms with E-state index in [0.29, 0.717) is 0 Å². The second-order valence-corrected chi connectivity index (χ2v) is 5.20. The van der Waals surface area contributed by atoms with Crippen LogP contribution in [0.3, 0.4) is 0 Å². The molecule has 2 heteroatoms. The van der Waals surface area contributed by atoms with Gasteiger partial charge in [-0.05, 0) is 34.9 Å². The van der Waals surface area contributed by atoms with Crippen molar-refractivity contribution in [3.63, 3.8) is 0 Å². The van der Waals surface area contributed by atoms with E-state index in [2.05, 4.69) is 59.4 Å². The summed E-state index contributed by atoms with van der Waals surface area (Å²) in [5, 5.41) is 12.2. The van der Waals surface area contributed by atoms with Crippen LogP contribution in [0.15, 0.2) is 67.0 Å². The smallest absolute Gasteiger partial charge is 0.0500 e. The highest BCUT2D eigenvalue weighted by Crippen LogP contribution is 2.24. The Balaban J connectivity index is 1.79. The zero-order chi connectivity index (χ0) is 13.8. The Morgan fingerprint density at radius 3 is 2.40 bits per heavy atom. The Morgan fingerprint density at radius 1 is 0.900 bits per heavy atom. The Labute approximate surface area is 119 Å². The first-order valence-electron chi connectivity index (χ1n) is 7.07. The molecule has 0 aliphatic carbocycles. The maximum absolute atomic E-state index is 9.67. The van der Waals surface area contributed by atoms with Crippen LogP contribution in [0.4, 0.5) is 0 Å². The number of benzene rings is 2. The summed E-state index contributed by atoms with van der Waals surface area (Å²) in [5.74, 6) is 0.196. The topological polar surface area (TPSA) is 25.2 Å². The molecule has 0 spiro atoms. The minimum absolute atomic E-state index is 0.194. The van der Waals surface area contributed by atoms with Crippen molar-refractivity contribution in [3.05, 3.63) is 72.6 Å². The first-order chi connectivity index (χ1) is 9.86. The minimum atomic E-state index is 0.194. The van der Waals surface area contributed by atoms with Crippen LogP contribution in [0.5, 0.6) is 0 Å². The summed E-state index contributed by atoms with van der Waals surface area (Å²) < 4.78 is 2.16. The monoisotopic (exact) mass is 265 g/mol. The van der Waals surface area contributed by atoms with Crippen molar-refractivity contribution in [1.82, 2.24) is 4.57 Å². The normalized spacial score (nSPS) is 12.7. The second-order valence-electron chi connectivity index (χ2n) is 5.20. The van der Waals surface area contributed by atoms with Crippen molar-refractivity contribution in [1.29, 1.82) is 0 Å². The van der Waals surface area contributed by atoms with Crippen LogP contribution in [0.2, 0.25) is 0 Å². The van der Waals surface area contributed by atoms with Crippen molar-refractivity contribution in [2.45, 2.75) is 18.9 Å². The molecule has 3 rings (SSSR count). The first-order valence-corrected chi connectivity index (χ1v) is 7.07. The van der Waals surface area contributed by atoms with Crippen LogP contribution in [0.1, 0.15) is 17.9 Å². The third kappa shape index (κ3) is 2.75. The Hall–Kier alpha value is -2.06. The molecule has 0 radical (unpaired) electrons. The van der Waals surface area contributed by atoms with Crippen LogP contribution in [-0.2, 0) is 6.54 Å². The number of aromatic nitrogens is 1. The van der Waals surface area contributed by atoms with Crippen molar-refractivity contribution >= 4 is 10.8 Å². The summed E-state index contributed by atoms with van der Waals surface area (Å²) in [5.41, 5.74) is 1.22. The van der Waals surface area contributed by atoms with E-state index in [0.717, 1.165) is 13.0 Å². The van der Waals surface area contributed by atoms with Gasteiger partial charge in [0.05, 0.1) is 0 Å². The van der Waals surface area contributed by atoms with E-state index >= 15 is 0 Å². The molecule has 1 atom stereocenters. The van der Waals surface area contributed by atoms with E-state index in [1.807, 2.05) is 12.1 Å². The molecule has 1 N–H and O–H groups in total. The molecular formula is C18H19NO. The fraction of sp³-hybridized carbons (Fsp3) is 0.222. The average molecular weight is 265 g/mol. The molecule has 0 saturated heterocycles. The molecule has 20 heavy (non-hydrogen) atoms. The molecule has 0 bridgehead atoms. The predicted octanol–water partition coefficient (Wildman–Crippen LogP) is 3.81. The van der Waals surface area contributed by atoms with Gasteiger partial charge < -0.3 is 9.67 Å². The molecule has 0 saturated carbocycles. The lowest BCUT2D eigenvalue weighted by atomic mass is 9.94. The van der Waals surface area contributed by atoms with E-state index < -0.39 is 0 Å². The number of aryl methyl sites for hydroxylation is 1. The maximum Gasteiger partial charge on any atom is 0.0500 e. The molecule has 0 aliphatic rings. The number of hydrogen-bond acceptors (Lipinski definition) is 1. The molecule has 1 unspecified atom stereocenters. The van der Waals surface area contributed by atoms with Gasteiger partial charge in [-0.1, -0.05) is 42.5 Å². The van der Waals surface area contributed by atoms with Crippen molar-refractivity contribution in [2.75, 3.05) is 6.61 Å². The van der Waals surface area contributed by atoms with Gasteiger partial charge in [0.15, 0.2) is 0 Å². The van der Waals surface area contributed by atoms with Crippen LogP contribution < -0.4 is 0 Å². The highest BCUT2D eigenvalue weighted by atomic mass is 16.3. The SMILES string of the molecule is OCC(CCn1cccc1)c1ccc2ccccc2c1. The van der Waals surface area contributed by atoms with Gasteiger partial charge in [-0.25, -0.2) is 0 Å². The van der Waals surface area contributed by atoms with E-state index in [9.17, 15) is 5.11 Å². The van der Waals surface area contributed by atoms with E-state index in [4.69, 9.17) is 0 Å². The van der Waals surface area contributed by atoms with Crippen molar-refractivity contribution < 1.29 is 5.11 Å². The fourth-order valence-corrected chi connectivity index (χ4v) is 2.65. The Morgan fingerprint density at radius 2 is 1.65 bits per heavy atom. The van der Waals surface area contributed by atoms with E-state index in [1.54, 1.807) is 0 Å². The van der Waals surface area contributed by atoms with Gasteiger partial charge in [0.2, 0.25) is 0 Å². The minimum Gasteiger partial charge on any atom is -0.396 e. The second kappa shape index (κ2) is 5.93. The highest BCUT2D eigenvalue weighted by molar-refractivity contribution is 5.83. The Kier molecular flexibility index (Phi) is 3.84. The molecule has 1 heterocycles. The molecule has 1 aromatic heterocycles. The molecule has 3 aromatic rings. The van der Waals surface area contributed by atoms with Crippen LogP contribution in [-0.4, -0.2) is 16.3 Å². The lowest BCUT2D eigenvalue weighted by Gasteiger charge is -2.16. The molecule has 0 aliphatic heterocycles. The number of fused-ring (bicyclic) bond motifs is 1. The summed E-state index contributed by atoms with van der Waals surface area (Å²) in [6.07, 6.45) is 5.08. The molecule has 2 nitrogen and oxygen atoms in total. The summed E-state index contributed by atoms with van der Waals surface area (Å²) in [7, 11) is 0. The zero-order valence-corrected chi connectivity index (χ0v) is 11.4. The predicted molar refractivity (Wildman–Crippen MR) is 82.8 cm³/mol. The van der Waals surface area contributed by atoms with E-state index in [1.165, 1.54) is 16.3 Å². The number of aliphatic hydroxyl groups is 1. The molecule has 102 valence electrons. The van der Waals surface area contributed by atoms with Gasteiger partial charge in [-0.15, -0.1) is 0 Å². The number of rotatable bonds is 5. The van der Waals surface area contributed by atoms with Crippen molar-refractivity contribution in [3.8, 4) is 0 Å². The highest BCUT2D eigenvalue weighted by Gasteiger charge is 2.11. The number of hydrogen-bond donors (Lipinski definition) is 1. The van der Waals surface area contributed by atoms with E-state index in [-0.39, 0.29) is 12.5 Å². The van der Waals surface area contributed by atoms with Gasteiger partial charge >= 0.3 is 0 Å². The summed E-state index contributed by atoms with van der Waals surface area (Å²) in [4.78, 5) is 0. The van der Waals surface area contributed by atoms with Crippen LogP contribution in [0, 0.1) is 0 Å². The largest absolute Gasteiger partial charge is 0.396 e.